The zero-order valence-electron chi connectivity index (χ0n) is 31.0. The molecule has 6 unspecified atom stereocenters. The molecule has 0 aromatic heterocycles. The molecular formula is C33H40I6N6O16. The molecule has 340 valence electrons. The van der Waals surface area contributed by atoms with E-state index >= 15 is 0 Å². The van der Waals surface area contributed by atoms with Gasteiger partial charge in [-0.1, -0.05) is 0 Å². The van der Waals surface area contributed by atoms with Crippen LogP contribution in [0.5, 0.6) is 0 Å². The first-order valence-corrected chi connectivity index (χ1v) is 23.7. The van der Waals surface area contributed by atoms with Crippen LogP contribution in [0.25, 0.3) is 0 Å². The van der Waals surface area contributed by atoms with E-state index in [0.29, 0.717) is 0 Å². The molecule has 0 bridgehead atoms. The van der Waals surface area contributed by atoms with Gasteiger partial charge in [0.25, 0.3) is 23.6 Å². The Kier molecular flexibility index (Phi) is 25.0. The average molecular weight is 1540 g/mol. The summed E-state index contributed by atoms with van der Waals surface area (Å²) < 4.78 is 0.242. The van der Waals surface area contributed by atoms with Crippen molar-refractivity contribution >= 4 is 182 Å². The smallest absolute Gasteiger partial charge is 0.253 e. The predicted molar refractivity (Wildman–Crippen MR) is 265 cm³/mol. The van der Waals surface area contributed by atoms with Gasteiger partial charge in [-0.05, 0) is 136 Å². The molecule has 0 saturated carbocycles. The third kappa shape index (κ3) is 15.1. The van der Waals surface area contributed by atoms with Crippen molar-refractivity contribution in [3.63, 3.8) is 0 Å². The van der Waals surface area contributed by atoms with Crippen LogP contribution >= 0.6 is 136 Å². The van der Waals surface area contributed by atoms with Gasteiger partial charge in [0, 0.05) is 20.2 Å². The van der Waals surface area contributed by atoms with Crippen LogP contribution < -0.4 is 31.9 Å². The lowest BCUT2D eigenvalue weighted by molar-refractivity contribution is -0.123. The first-order chi connectivity index (χ1) is 28.6. The maximum absolute atomic E-state index is 13.6. The Morgan fingerprint density at radius 1 is 0.426 bits per heavy atom. The second-order valence-electron chi connectivity index (χ2n) is 12.5. The van der Waals surface area contributed by atoms with Crippen molar-refractivity contribution in [2.24, 2.45) is 0 Å². The highest BCUT2D eigenvalue weighted by Gasteiger charge is 2.33. The van der Waals surface area contributed by atoms with Gasteiger partial charge in [0.1, 0.15) is 6.42 Å². The van der Waals surface area contributed by atoms with Crippen LogP contribution in [0.3, 0.4) is 0 Å². The lowest BCUT2D eigenvalue weighted by Crippen LogP contribution is -2.48. The Morgan fingerprint density at radius 2 is 0.721 bits per heavy atom. The fourth-order valence-corrected chi connectivity index (χ4v) is 13.7. The van der Waals surface area contributed by atoms with E-state index in [4.69, 9.17) is 0 Å². The zero-order valence-corrected chi connectivity index (χ0v) is 44.0. The molecule has 6 amide bonds. The minimum absolute atomic E-state index is 0.0235. The third-order valence-electron chi connectivity index (χ3n) is 8.14. The van der Waals surface area contributed by atoms with Crippen molar-refractivity contribution in [3.8, 4) is 0 Å². The molecule has 0 radical (unpaired) electrons. The standard InChI is InChI=1S/C33H40I6N6O16/c34-22-18(30(58)40-2-10(52)4-46)24(36)28(26(38)20(22)32(60)42-12(6-48)14(54)8-50)44-16(56)1-17(57)45-29-25(37)19(31(59)41-3-11(53)5-47)23(35)21(27(29)39)33(61)43-13(7-49)15(55)9-51/h10-15,46-55H,1-9H2,(H,40,58)(H,41,59)(H,42,60)(H,43,61)(H,44,56)(H,45,57). The fourth-order valence-electron chi connectivity index (χ4n) is 4.85. The van der Waals surface area contributed by atoms with Crippen molar-refractivity contribution in [2.45, 2.75) is 42.9 Å². The van der Waals surface area contributed by atoms with E-state index in [1.807, 2.05) is 0 Å². The Bertz CT molecular complexity index is 1830. The zero-order chi connectivity index (χ0) is 46.5. The van der Waals surface area contributed by atoms with Gasteiger partial charge in [-0.2, -0.15) is 0 Å². The minimum Gasteiger partial charge on any atom is -0.394 e. The number of carbonyl (C=O) groups excluding carboxylic acids is 6. The summed E-state index contributed by atoms with van der Waals surface area (Å²) in [6.07, 6.45) is -6.81. The molecule has 0 aliphatic rings. The summed E-state index contributed by atoms with van der Waals surface area (Å²) in [5.74, 6) is -5.59. The molecule has 0 spiro atoms. The number of nitrogens with one attached hydrogen (secondary N) is 6. The highest BCUT2D eigenvalue weighted by molar-refractivity contribution is 14.1. The maximum Gasteiger partial charge on any atom is 0.253 e. The molecular weight excluding hydrogens is 1500 g/mol. The summed E-state index contributed by atoms with van der Waals surface area (Å²) in [7, 11) is 0. The second kappa shape index (κ2) is 27.0. The summed E-state index contributed by atoms with van der Waals surface area (Å²) in [5.41, 5.74) is -1.07. The van der Waals surface area contributed by atoms with E-state index < -0.39 is 131 Å². The van der Waals surface area contributed by atoms with Crippen LogP contribution in [0.15, 0.2) is 0 Å². The molecule has 6 atom stereocenters. The molecule has 28 heteroatoms. The Balaban J connectivity index is 2.66. The topological polar surface area (TPSA) is 377 Å². The van der Waals surface area contributed by atoms with E-state index in [1.54, 1.807) is 136 Å². The van der Waals surface area contributed by atoms with Crippen molar-refractivity contribution in [2.75, 3.05) is 63.4 Å². The lowest BCUT2D eigenvalue weighted by atomic mass is 10.1. The lowest BCUT2D eigenvalue weighted by Gasteiger charge is -2.24. The molecule has 2 rings (SSSR count). The van der Waals surface area contributed by atoms with Gasteiger partial charge in [0.05, 0.1) is 124 Å². The van der Waals surface area contributed by atoms with Crippen LogP contribution in [0, 0.1) is 21.4 Å². The van der Waals surface area contributed by atoms with Crippen LogP contribution in [-0.2, 0) is 9.59 Å². The van der Waals surface area contributed by atoms with E-state index in [1.165, 1.54) is 0 Å². The van der Waals surface area contributed by atoms with Gasteiger partial charge in [0.2, 0.25) is 11.8 Å². The summed E-state index contributed by atoms with van der Waals surface area (Å²) in [6, 6.07) is -2.72. The number of anilines is 2. The molecule has 0 heterocycles. The number of hydrogen-bond acceptors (Lipinski definition) is 16. The van der Waals surface area contributed by atoms with Gasteiger partial charge in [-0.25, -0.2) is 0 Å². The quantitative estimate of drug-likeness (QED) is 0.0423. The first-order valence-electron chi connectivity index (χ1n) is 17.2. The van der Waals surface area contributed by atoms with E-state index in [-0.39, 0.29) is 55.0 Å². The molecule has 22 nitrogen and oxygen atoms in total. The van der Waals surface area contributed by atoms with Gasteiger partial charge >= 0.3 is 0 Å². The van der Waals surface area contributed by atoms with Gasteiger partial charge in [-0.15, -0.1) is 0 Å². The highest BCUT2D eigenvalue weighted by Crippen LogP contribution is 2.38. The minimum atomic E-state index is -1.58. The summed E-state index contributed by atoms with van der Waals surface area (Å²) >= 11 is 10.2. The Labute approximate surface area is 428 Å². The van der Waals surface area contributed by atoms with Crippen molar-refractivity contribution in [1.82, 2.24) is 21.3 Å². The Hall–Kier alpha value is -0.760. The van der Waals surface area contributed by atoms with Crippen molar-refractivity contribution < 1.29 is 79.8 Å². The number of hydrogen-bond donors (Lipinski definition) is 16. The maximum atomic E-state index is 13.6. The molecule has 16 N–H and O–H groups in total. The molecule has 61 heavy (non-hydrogen) atoms. The normalized spacial score (nSPS) is 14.2. The monoisotopic (exact) mass is 1540 g/mol. The van der Waals surface area contributed by atoms with Crippen LogP contribution in [0.2, 0.25) is 0 Å². The SMILES string of the molecule is O=C(CC(=O)Nc1c(I)c(C(=O)NCC(O)CO)c(I)c(C(=O)NC(CO)C(O)CO)c1I)Nc1c(I)c(C(=O)NCC(O)CO)c(I)c(C(=O)NC(CO)C(O)CO)c1I. The van der Waals surface area contributed by atoms with E-state index in [2.05, 4.69) is 31.9 Å². The first kappa shape index (κ1) is 56.4. The summed E-state index contributed by atoms with van der Waals surface area (Å²) in [5, 5.41) is 111. The average Bonchev–Trinajstić information content (AvgIpc) is 3.22. The Morgan fingerprint density at radius 3 is 0.984 bits per heavy atom. The number of benzene rings is 2. The van der Waals surface area contributed by atoms with Crippen LogP contribution in [0.4, 0.5) is 11.4 Å². The molecule has 2 aromatic carbocycles. The number of aliphatic hydroxyl groups excluding tert-OH is 10. The molecule has 0 aliphatic carbocycles. The number of amides is 6. The van der Waals surface area contributed by atoms with Crippen molar-refractivity contribution in [3.05, 3.63) is 43.7 Å². The number of aliphatic hydroxyl groups is 10. The van der Waals surface area contributed by atoms with E-state index in [0.717, 1.165) is 0 Å². The number of halogens is 6. The number of rotatable bonds is 22. The highest BCUT2D eigenvalue weighted by atomic mass is 127. The summed E-state index contributed by atoms with van der Waals surface area (Å²) in [4.78, 5) is 81.3. The largest absolute Gasteiger partial charge is 0.394 e. The molecule has 0 aliphatic heterocycles. The fraction of sp³-hybridized carbons (Fsp3) is 0.455. The predicted octanol–water partition coefficient (Wildman–Crippen LogP) is -2.66. The van der Waals surface area contributed by atoms with Gasteiger partial charge < -0.3 is 83.0 Å². The van der Waals surface area contributed by atoms with Crippen molar-refractivity contribution in [1.29, 1.82) is 0 Å². The van der Waals surface area contributed by atoms with Crippen LogP contribution in [0.1, 0.15) is 47.9 Å². The van der Waals surface area contributed by atoms with Gasteiger partial charge in [-0.3, -0.25) is 28.8 Å². The second-order valence-corrected chi connectivity index (χ2v) is 19.0. The van der Waals surface area contributed by atoms with Crippen LogP contribution in [-0.4, -0.2) is 176 Å². The molecule has 0 saturated heterocycles. The van der Waals surface area contributed by atoms with Gasteiger partial charge in [0.15, 0.2) is 0 Å². The molecule has 2 aromatic rings. The third-order valence-corrected chi connectivity index (χ3v) is 14.6. The molecule has 0 fully saturated rings. The number of carbonyl (C=O) groups is 6. The summed E-state index contributed by atoms with van der Waals surface area (Å²) in [6.45, 7) is -5.44. The van der Waals surface area contributed by atoms with E-state index in [9.17, 15) is 79.8 Å².